The average Bonchev–Trinajstić information content (AvgIpc) is 1.59. The summed E-state index contributed by atoms with van der Waals surface area (Å²) in [5.41, 5.74) is 0. The summed E-state index contributed by atoms with van der Waals surface area (Å²) in [7, 11) is -4.33. The predicted molar refractivity (Wildman–Crippen MR) is 26.8 cm³/mol. The third kappa shape index (κ3) is 5.78. The molecule has 0 aromatic heterocycles. The molecule has 0 heterocycles. The van der Waals surface area contributed by atoms with Crippen LogP contribution in [0.4, 0.5) is 0 Å². The van der Waals surface area contributed by atoms with Crippen LogP contribution in [0, 0.1) is 5.41 Å². The molecule has 0 saturated carbocycles. The fourth-order valence-electron chi connectivity index (χ4n) is 0.134. The second kappa shape index (κ2) is 2.94. The largest absolute Gasteiger partial charge is 0.469 e. The van der Waals surface area contributed by atoms with Gasteiger partial charge in [0.15, 0.2) is 0 Å². The first-order valence-corrected chi connectivity index (χ1v) is 3.28. The molecule has 0 rings (SSSR count). The summed E-state index contributed by atoms with van der Waals surface area (Å²) in [6, 6.07) is 0. The molecule has 6 heteroatoms. The van der Waals surface area contributed by atoms with Crippen LogP contribution >= 0.6 is 7.82 Å². The highest BCUT2D eigenvalue weighted by Crippen LogP contribution is 2.34. The number of hydrogen-bond acceptors (Lipinski definition) is 3. The Hall–Kier alpha value is -0.220. The van der Waals surface area contributed by atoms with Gasteiger partial charge in [-0.05, 0) is 0 Å². The van der Waals surface area contributed by atoms with E-state index in [0.29, 0.717) is 0 Å². The Bertz CT molecular complexity index is 117. The SMILES string of the molecule is N=CCOP(=O)(O)O. The summed E-state index contributed by atoms with van der Waals surface area (Å²) < 4.78 is 13.6. The molecule has 0 aliphatic carbocycles. The molecule has 0 saturated heterocycles. The highest BCUT2D eigenvalue weighted by molar-refractivity contribution is 7.46. The molecule has 0 fully saturated rings. The molecule has 0 spiro atoms. The second-order valence-corrected chi connectivity index (χ2v) is 2.23. The minimum atomic E-state index is -4.33. The van der Waals surface area contributed by atoms with Crippen molar-refractivity contribution in [1.82, 2.24) is 0 Å². The van der Waals surface area contributed by atoms with Crippen molar-refractivity contribution in [2.45, 2.75) is 0 Å². The van der Waals surface area contributed by atoms with Gasteiger partial charge in [0.05, 0.1) is 6.61 Å². The molecule has 0 aliphatic heterocycles. The third-order valence-electron chi connectivity index (χ3n) is 0.326. The van der Waals surface area contributed by atoms with Gasteiger partial charge in [0.25, 0.3) is 0 Å². The summed E-state index contributed by atoms with van der Waals surface area (Å²) in [6.45, 7) is -0.343. The fourth-order valence-corrected chi connectivity index (χ4v) is 0.403. The van der Waals surface area contributed by atoms with Crippen molar-refractivity contribution in [3.05, 3.63) is 0 Å². The van der Waals surface area contributed by atoms with Gasteiger partial charge in [-0.2, -0.15) is 0 Å². The van der Waals surface area contributed by atoms with Crippen LogP contribution in [0.3, 0.4) is 0 Å². The fraction of sp³-hybridized carbons (Fsp3) is 0.500. The topological polar surface area (TPSA) is 90.6 Å². The maximum absolute atomic E-state index is 9.76. The first-order chi connectivity index (χ1) is 3.56. The lowest BCUT2D eigenvalue weighted by Gasteiger charge is -1.98. The average molecular weight is 139 g/mol. The molecule has 0 unspecified atom stereocenters. The lowest BCUT2D eigenvalue weighted by Crippen LogP contribution is -1.90. The van der Waals surface area contributed by atoms with Crippen LogP contribution in [0.15, 0.2) is 0 Å². The summed E-state index contributed by atoms with van der Waals surface area (Å²) in [5.74, 6) is 0. The van der Waals surface area contributed by atoms with E-state index < -0.39 is 7.82 Å². The van der Waals surface area contributed by atoms with Gasteiger partial charge in [-0.25, -0.2) is 4.57 Å². The van der Waals surface area contributed by atoms with Crippen molar-refractivity contribution in [2.24, 2.45) is 0 Å². The Morgan fingerprint density at radius 3 is 2.38 bits per heavy atom. The minimum absolute atomic E-state index is 0.343. The predicted octanol–water partition coefficient (Wildman–Crippen LogP) is -0.255. The molecule has 0 atom stereocenters. The number of nitrogens with one attached hydrogen (secondary N) is 1. The quantitative estimate of drug-likeness (QED) is 0.371. The van der Waals surface area contributed by atoms with Crippen LogP contribution in [-0.2, 0) is 9.09 Å². The Morgan fingerprint density at radius 1 is 1.75 bits per heavy atom. The van der Waals surface area contributed by atoms with E-state index >= 15 is 0 Å². The van der Waals surface area contributed by atoms with E-state index in [2.05, 4.69) is 4.52 Å². The number of phosphoric ester groups is 1. The van der Waals surface area contributed by atoms with Crippen LogP contribution in [0.1, 0.15) is 0 Å². The zero-order valence-electron chi connectivity index (χ0n) is 3.94. The van der Waals surface area contributed by atoms with E-state index in [-0.39, 0.29) is 6.61 Å². The molecule has 0 amide bonds. The molecule has 0 radical (unpaired) electrons. The van der Waals surface area contributed by atoms with Gasteiger partial charge in [0.1, 0.15) is 0 Å². The maximum atomic E-state index is 9.76. The van der Waals surface area contributed by atoms with Crippen molar-refractivity contribution in [2.75, 3.05) is 6.61 Å². The summed E-state index contributed by atoms with van der Waals surface area (Å²) in [4.78, 5) is 15.9. The zero-order valence-corrected chi connectivity index (χ0v) is 4.84. The molecule has 0 aliphatic rings. The van der Waals surface area contributed by atoms with Gasteiger partial charge in [-0.1, -0.05) is 0 Å². The van der Waals surface area contributed by atoms with Crippen LogP contribution in [0.25, 0.3) is 0 Å². The van der Waals surface area contributed by atoms with Crippen molar-refractivity contribution in [3.8, 4) is 0 Å². The van der Waals surface area contributed by atoms with Gasteiger partial charge in [-0.3, -0.25) is 4.52 Å². The van der Waals surface area contributed by atoms with E-state index in [1.165, 1.54) is 0 Å². The van der Waals surface area contributed by atoms with Crippen LogP contribution in [0.5, 0.6) is 0 Å². The number of rotatable bonds is 3. The Labute approximate surface area is 46.0 Å². The Kier molecular flexibility index (Phi) is 2.86. The standard InChI is InChI=1S/C2H6NO4P/c3-1-2-7-8(4,5)6/h1,3H,2H2,(H2,4,5,6). The van der Waals surface area contributed by atoms with Gasteiger partial charge in [-0.15, -0.1) is 0 Å². The number of phosphoric acid groups is 1. The van der Waals surface area contributed by atoms with E-state index in [1.54, 1.807) is 0 Å². The third-order valence-corrected chi connectivity index (χ3v) is 0.811. The van der Waals surface area contributed by atoms with E-state index in [0.717, 1.165) is 6.21 Å². The van der Waals surface area contributed by atoms with Gasteiger partial charge in [0.2, 0.25) is 0 Å². The molecule has 5 nitrogen and oxygen atoms in total. The number of hydrogen-bond donors (Lipinski definition) is 3. The normalized spacial score (nSPS) is 11.2. The second-order valence-electron chi connectivity index (χ2n) is 0.990. The monoisotopic (exact) mass is 139 g/mol. The highest BCUT2D eigenvalue weighted by atomic mass is 31.2. The van der Waals surface area contributed by atoms with Crippen LogP contribution in [-0.4, -0.2) is 22.6 Å². The van der Waals surface area contributed by atoms with E-state index in [4.69, 9.17) is 15.2 Å². The first kappa shape index (κ1) is 7.78. The van der Waals surface area contributed by atoms with Crippen molar-refractivity contribution >= 4 is 14.0 Å². The molecule has 3 N–H and O–H groups in total. The molecule has 48 valence electrons. The summed E-state index contributed by atoms with van der Waals surface area (Å²) in [5, 5.41) is 6.29. The molecule has 0 aromatic carbocycles. The van der Waals surface area contributed by atoms with Crippen molar-refractivity contribution < 1.29 is 18.9 Å². The summed E-state index contributed by atoms with van der Waals surface area (Å²) in [6.07, 6.45) is 0.763. The lowest BCUT2D eigenvalue weighted by atomic mass is 10.8. The van der Waals surface area contributed by atoms with Gasteiger partial charge in [0, 0.05) is 6.21 Å². The van der Waals surface area contributed by atoms with Crippen molar-refractivity contribution in [1.29, 1.82) is 5.41 Å². The highest BCUT2D eigenvalue weighted by Gasteiger charge is 2.10. The van der Waals surface area contributed by atoms with Crippen molar-refractivity contribution in [3.63, 3.8) is 0 Å². The lowest BCUT2D eigenvalue weighted by molar-refractivity contribution is 0.222. The van der Waals surface area contributed by atoms with Crippen LogP contribution < -0.4 is 0 Å². The molecular formula is C2H6NO4P. The van der Waals surface area contributed by atoms with Crippen LogP contribution in [0.2, 0.25) is 0 Å². The zero-order chi connectivity index (χ0) is 6.62. The van der Waals surface area contributed by atoms with E-state index in [1.807, 2.05) is 0 Å². The molecule has 0 aromatic rings. The minimum Gasteiger partial charge on any atom is -0.311 e. The Morgan fingerprint density at radius 2 is 2.25 bits per heavy atom. The first-order valence-electron chi connectivity index (χ1n) is 1.75. The summed E-state index contributed by atoms with van der Waals surface area (Å²) >= 11 is 0. The van der Waals surface area contributed by atoms with Gasteiger partial charge >= 0.3 is 7.82 Å². The molecule has 8 heavy (non-hydrogen) atoms. The molecule has 0 bridgehead atoms. The maximum Gasteiger partial charge on any atom is 0.469 e. The molecular weight excluding hydrogens is 133 g/mol. The van der Waals surface area contributed by atoms with Gasteiger partial charge < -0.3 is 15.2 Å². The smallest absolute Gasteiger partial charge is 0.311 e. The van der Waals surface area contributed by atoms with E-state index in [9.17, 15) is 4.57 Å². The Balaban J connectivity index is 3.40.